The number of carboxylic acids is 1. The lowest BCUT2D eigenvalue weighted by Gasteiger charge is -2.26. The molecule has 1 aliphatic rings. The van der Waals surface area contributed by atoms with E-state index in [0.717, 1.165) is 0 Å². The second-order valence-corrected chi connectivity index (χ2v) is 9.82. The van der Waals surface area contributed by atoms with Crippen molar-refractivity contribution in [3.8, 4) is 11.5 Å². The second kappa shape index (κ2) is 12.3. The van der Waals surface area contributed by atoms with Gasteiger partial charge in [0.2, 0.25) is 0 Å². The SMILES string of the molecule is C=CCOC(=O)Nc1cc(OC(CC(Cl)(Cl)Cl)C(=O)O)c(OC)cc1C(=O)N1CCC[C@H]1CO. The number of hydrogen-bond acceptors (Lipinski definition) is 7. The van der Waals surface area contributed by atoms with E-state index in [-0.39, 0.29) is 42.0 Å². The zero-order valence-electron chi connectivity index (χ0n) is 18.3. The molecule has 1 heterocycles. The predicted octanol–water partition coefficient (Wildman–Crippen LogP) is 3.62. The number of likely N-dealkylation sites (tertiary alicyclic amines) is 1. The molecule has 1 aliphatic heterocycles. The van der Waals surface area contributed by atoms with Crippen molar-refractivity contribution >= 4 is 58.5 Å². The van der Waals surface area contributed by atoms with E-state index in [4.69, 9.17) is 49.0 Å². The van der Waals surface area contributed by atoms with Crippen molar-refractivity contribution in [3.63, 3.8) is 0 Å². The minimum atomic E-state index is -1.92. The lowest BCUT2D eigenvalue weighted by molar-refractivity contribution is -0.145. The van der Waals surface area contributed by atoms with E-state index in [1.807, 2.05) is 0 Å². The highest BCUT2D eigenvalue weighted by Gasteiger charge is 2.34. The van der Waals surface area contributed by atoms with Crippen LogP contribution >= 0.6 is 34.8 Å². The number of halogens is 3. The number of carbonyl (C=O) groups is 3. The maximum atomic E-state index is 13.3. The third kappa shape index (κ3) is 7.56. The van der Waals surface area contributed by atoms with Crippen LogP contribution in [0.5, 0.6) is 11.5 Å². The molecule has 1 aromatic carbocycles. The molecule has 1 saturated heterocycles. The van der Waals surface area contributed by atoms with Gasteiger partial charge >= 0.3 is 12.1 Å². The molecule has 0 spiro atoms. The summed E-state index contributed by atoms with van der Waals surface area (Å²) in [6, 6.07) is 2.14. The molecule has 1 aromatic rings. The second-order valence-electron chi connectivity index (χ2n) is 7.30. The lowest BCUT2D eigenvalue weighted by Crippen LogP contribution is -2.38. The van der Waals surface area contributed by atoms with Gasteiger partial charge in [-0.25, -0.2) is 9.59 Å². The van der Waals surface area contributed by atoms with Crippen LogP contribution in [0.15, 0.2) is 24.8 Å². The Morgan fingerprint density at radius 2 is 2.03 bits per heavy atom. The maximum Gasteiger partial charge on any atom is 0.411 e. The van der Waals surface area contributed by atoms with Crippen molar-refractivity contribution in [2.24, 2.45) is 0 Å². The standard InChI is InChI=1S/C21H25Cl3N2O8/c1-3-7-33-20(31)25-14-9-16(34-17(19(29)30)10-21(22,23)24)15(32-2)8-13(14)18(28)26-6-4-5-12(26)11-27/h3,8-9,12,17,27H,1,4-7,10-11H2,2H3,(H,25,31)(H,29,30)/t12-,17?/m0/s1. The fourth-order valence-electron chi connectivity index (χ4n) is 3.36. The summed E-state index contributed by atoms with van der Waals surface area (Å²) in [5.41, 5.74) is -0.00942. The zero-order valence-corrected chi connectivity index (χ0v) is 20.5. The number of amides is 2. The van der Waals surface area contributed by atoms with Gasteiger partial charge < -0.3 is 29.3 Å². The topological polar surface area (TPSA) is 135 Å². The van der Waals surface area contributed by atoms with Gasteiger partial charge in [0.05, 0.1) is 31.0 Å². The largest absolute Gasteiger partial charge is 0.493 e. The Balaban J connectivity index is 2.50. The molecule has 10 nitrogen and oxygen atoms in total. The quantitative estimate of drug-likeness (QED) is 0.303. The monoisotopic (exact) mass is 538 g/mol. The van der Waals surface area contributed by atoms with E-state index in [2.05, 4.69) is 11.9 Å². The summed E-state index contributed by atoms with van der Waals surface area (Å²) in [5, 5.41) is 21.5. The van der Waals surface area contributed by atoms with Crippen LogP contribution in [0.1, 0.15) is 29.6 Å². The van der Waals surface area contributed by atoms with Crippen LogP contribution in [0.3, 0.4) is 0 Å². The minimum Gasteiger partial charge on any atom is -0.493 e. The van der Waals surface area contributed by atoms with Crippen LogP contribution in [0.4, 0.5) is 10.5 Å². The van der Waals surface area contributed by atoms with E-state index >= 15 is 0 Å². The van der Waals surface area contributed by atoms with Gasteiger partial charge in [-0.3, -0.25) is 10.1 Å². The van der Waals surface area contributed by atoms with Crippen molar-refractivity contribution in [1.29, 1.82) is 0 Å². The van der Waals surface area contributed by atoms with Crippen molar-refractivity contribution < 1.29 is 38.8 Å². The summed E-state index contributed by atoms with van der Waals surface area (Å²) >= 11 is 17.2. The number of nitrogens with zero attached hydrogens (tertiary/aromatic N) is 1. The molecular weight excluding hydrogens is 515 g/mol. The first-order valence-electron chi connectivity index (χ1n) is 10.2. The highest BCUT2D eigenvalue weighted by Crippen LogP contribution is 2.38. The van der Waals surface area contributed by atoms with Crippen LogP contribution in [-0.4, -0.2) is 75.9 Å². The predicted molar refractivity (Wildman–Crippen MR) is 126 cm³/mol. The Bertz CT molecular complexity index is 922. The number of nitrogens with one attached hydrogen (secondary N) is 1. The highest BCUT2D eigenvalue weighted by atomic mass is 35.6. The van der Waals surface area contributed by atoms with Gasteiger partial charge in [-0.2, -0.15) is 0 Å². The van der Waals surface area contributed by atoms with Crippen molar-refractivity contribution in [3.05, 3.63) is 30.4 Å². The molecule has 0 radical (unpaired) electrons. The first-order valence-corrected chi connectivity index (χ1v) is 11.3. The fraction of sp³-hybridized carbons (Fsp3) is 0.476. The average Bonchev–Trinajstić information content (AvgIpc) is 3.25. The van der Waals surface area contributed by atoms with E-state index in [1.165, 1.54) is 30.2 Å². The van der Waals surface area contributed by atoms with Crippen LogP contribution in [0.25, 0.3) is 0 Å². The molecule has 3 N–H and O–H groups in total. The third-order valence-corrected chi connectivity index (χ3v) is 5.38. The zero-order chi connectivity index (χ0) is 25.5. The molecular formula is C21H25Cl3N2O8. The van der Waals surface area contributed by atoms with E-state index in [9.17, 15) is 24.6 Å². The molecule has 1 unspecified atom stereocenters. The summed E-state index contributed by atoms with van der Waals surface area (Å²) in [6.07, 6.45) is -0.272. The van der Waals surface area contributed by atoms with Crippen molar-refractivity contribution in [2.45, 2.75) is 35.2 Å². The van der Waals surface area contributed by atoms with Gasteiger partial charge in [0, 0.05) is 19.0 Å². The number of hydrogen-bond donors (Lipinski definition) is 3. The van der Waals surface area contributed by atoms with Gasteiger partial charge in [0.1, 0.15) is 6.61 Å². The van der Waals surface area contributed by atoms with Gasteiger partial charge in [0.15, 0.2) is 21.4 Å². The third-order valence-electron chi connectivity index (χ3n) is 4.91. The number of aliphatic carboxylic acids is 1. The number of methoxy groups -OCH3 is 1. The number of anilines is 1. The van der Waals surface area contributed by atoms with Crippen molar-refractivity contribution in [2.75, 3.05) is 32.2 Å². The molecule has 0 saturated carbocycles. The van der Waals surface area contributed by atoms with Crippen LogP contribution in [0.2, 0.25) is 0 Å². The van der Waals surface area contributed by atoms with Gasteiger partial charge in [-0.05, 0) is 18.9 Å². The van der Waals surface area contributed by atoms with Gasteiger partial charge in [-0.1, -0.05) is 47.5 Å². The highest BCUT2D eigenvalue weighted by molar-refractivity contribution is 6.67. The van der Waals surface area contributed by atoms with E-state index in [1.54, 1.807) is 0 Å². The molecule has 0 aromatic heterocycles. The maximum absolute atomic E-state index is 13.3. The fourth-order valence-corrected chi connectivity index (χ4v) is 3.78. The molecule has 1 fully saturated rings. The molecule has 2 rings (SSSR count). The van der Waals surface area contributed by atoms with Gasteiger partial charge in [-0.15, -0.1) is 0 Å². The minimum absolute atomic E-state index is 0.00340. The first-order chi connectivity index (χ1) is 16.0. The summed E-state index contributed by atoms with van der Waals surface area (Å²) < 4.78 is 13.8. The number of rotatable bonds is 10. The first kappa shape index (κ1) is 27.8. The smallest absolute Gasteiger partial charge is 0.411 e. The Morgan fingerprint density at radius 3 is 2.59 bits per heavy atom. The summed E-state index contributed by atoms with van der Waals surface area (Å²) in [4.78, 5) is 38.6. The van der Waals surface area contributed by atoms with Crippen LogP contribution in [0, 0.1) is 0 Å². The summed E-state index contributed by atoms with van der Waals surface area (Å²) in [6.45, 7) is 3.57. The number of aliphatic hydroxyl groups excluding tert-OH is 1. The van der Waals surface area contributed by atoms with E-state index < -0.39 is 34.3 Å². The van der Waals surface area contributed by atoms with Crippen LogP contribution < -0.4 is 14.8 Å². The van der Waals surface area contributed by atoms with Gasteiger partial charge in [0.25, 0.3) is 5.91 Å². The molecule has 2 amide bonds. The Hall–Kier alpha value is -2.40. The number of carboxylic acid groups (broad SMARTS) is 1. The number of carbonyl (C=O) groups excluding carboxylic acids is 2. The Morgan fingerprint density at radius 1 is 1.32 bits per heavy atom. The normalized spacial score (nSPS) is 16.5. The van der Waals surface area contributed by atoms with Crippen LogP contribution in [-0.2, 0) is 9.53 Å². The summed E-state index contributed by atoms with van der Waals surface area (Å²) in [7, 11) is 1.29. The Kier molecular flexibility index (Phi) is 10.1. The Labute approximate surface area is 211 Å². The summed E-state index contributed by atoms with van der Waals surface area (Å²) in [5.74, 6) is -2.00. The number of benzene rings is 1. The molecule has 34 heavy (non-hydrogen) atoms. The number of alkyl halides is 3. The number of aliphatic hydroxyl groups is 1. The molecule has 2 atom stereocenters. The molecule has 188 valence electrons. The molecule has 13 heteroatoms. The van der Waals surface area contributed by atoms with Crippen molar-refractivity contribution in [1.82, 2.24) is 4.90 Å². The number of ether oxygens (including phenoxy) is 3. The molecule has 0 aliphatic carbocycles. The molecule has 0 bridgehead atoms. The van der Waals surface area contributed by atoms with E-state index in [0.29, 0.717) is 19.4 Å². The average molecular weight is 540 g/mol. The lowest BCUT2D eigenvalue weighted by atomic mass is 10.1.